The Morgan fingerprint density at radius 3 is 2.37 bits per heavy atom. The van der Waals surface area contributed by atoms with Crippen LogP contribution in [0.4, 0.5) is 0 Å². The highest BCUT2D eigenvalue weighted by Gasteiger charge is 2.29. The Labute approximate surface area is 118 Å². The molecule has 0 aromatic heterocycles. The zero-order chi connectivity index (χ0) is 14.0. The predicted octanol–water partition coefficient (Wildman–Crippen LogP) is 1.16. The van der Waals surface area contributed by atoms with Gasteiger partial charge in [-0.1, -0.05) is 24.4 Å². The van der Waals surface area contributed by atoms with E-state index in [9.17, 15) is 9.90 Å². The second-order valence-electron chi connectivity index (χ2n) is 5.12. The van der Waals surface area contributed by atoms with Gasteiger partial charge in [0.15, 0.2) is 0 Å². The van der Waals surface area contributed by atoms with E-state index < -0.39 is 0 Å². The average molecular weight is 278 g/mol. The number of thiocarbonyl (C=S) groups is 1. The molecule has 1 aromatic carbocycles. The van der Waals surface area contributed by atoms with Crippen molar-refractivity contribution in [3.63, 3.8) is 0 Å². The van der Waals surface area contributed by atoms with Crippen molar-refractivity contribution < 1.29 is 9.90 Å². The molecule has 19 heavy (non-hydrogen) atoms. The van der Waals surface area contributed by atoms with Crippen LogP contribution in [0, 0.1) is 5.92 Å². The van der Waals surface area contributed by atoms with Crippen molar-refractivity contribution in [2.24, 2.45) is 11.7 Å². The Morgan fingerprint density at radius 1 is 1.37 bits per heavy atom. The van der Waals surface area contributed by atoms with Crippen LogP contribution in [-0.2, 0) is 0 Å². The van der Waals surface area contributed by atoms with Crippen LogP contribution >= 0.6 is 12.2 Å². The number of hydrogen-bond donors (Lipinski definition) is 2. The van der Waals surface area contributed by atoms with Crippen LogP contribution in [0.15, 0.2) is 24.3 Å². The molecule has 0 saturated heterocycles. The third-order valence-electron chi connectivity index (χ3n) is 3.51. The molecule has 0 aliphatic heterocycles. The molecule has 1 aliphatic rings. The molecular formula is C14H18N2O2S. The van der Waals surface area contributed by atoms with E-state index in [4.69, 9.17) is 18.0 Å². The molecule has 1 aliphatic carbocycles. The predicted molar refractivity (Wildman–Crippen MR) is 78.0 cm³/mol. The van der Waals surface area contributed by atoms with Crippen molar-refractivity contribution in [3.05, 3.63) is 35.4 Å². The van der Waals surface area contributed by atoms with E-state index >= 15 is 0 Å². The van der Waals surface area contributed by atoms with E-state index in [-0.39, 0.29) is 12.0 Å². The molecule has 1 fully saturated rings. The van der Waals surface area contributed by atoms with Gasteiger partial charge in [-0.3, -0.25) is 4.79 Å². The molecular weight excluding hydrogens is 260 g/mol. The number of aliphatic hydroxyl groups excluding tert-OH is 1. The van der Waals surface area contributed by atoms with E-state index in [1.807, 2.05) is 0 Å². The summed E-state index contributed by atoms with van der Waals surface area (Å²) < 4.78 is 0. The van der Waals surface area contributed by atoms with Crippen molar-refractivity contribution in [1.29, 1.82) is 0 Å². The number of aliphatic hydroxyl groups is 1. The molecule has 1 amide bonds. The Bertz CT molecular complexity index is 481. The molecule has 5 heteroatoms. The monoisotopic (exact) mass is 278 g/mol. The molecule has 0 bridgehead atoms. The summed E-state index contributed by atoms with van der Waals surface area (Å²) >= 11 is 4.87. The Hall–Kier alpha value is -1.46. The van der Waals surface area contributed by atoms with Crippen LogP contribution in [0.1, 0.15) is 28.8 Å². The summed E-state index contributed by atoms with van der Waals surface area (Å²) in [5.41, 5.74) is 6.90. The summed E-state index contributed by atoms with van der Waals surface area (Å²) in [5, 5.41) is 9.24. The summed E-state index contributed by atoms with van der Waals surface area (Å²) in [4.78, 5) is 14.2. The quantitative estimate of drug-likeness (QED) is 0.811. The lowest BCUT2D eigenvalue weighted by Crippen LogP contribution is -2.39. The average Bonchev–Trinajstić information content (AvgIpc) is 2.36. The van der Waals surface area contributed by atoms with Crippen LogP contribution in [0.3, 0.4) is 0 Å². The Balaban J connectivity index is 1.96. The summed E-state index contributed by atoms with van der Waals surface area (Å²) in [7, 11) is 1.79. The van der Waals surface area contributed by atoms with E-state index in [1.54, 1.807) is 36.2 Å². The number of carbonyl (C=O) groups is 1. The molecule has 0 atom stereocenters. The highest BCUT2D eigenvalue weighted by atomic mass is 32.1. The normalized spacial score (nSPS) is 21.6. The zero-order valence-electron chi connectivity index (χ0n) is 10.9. The van der Waals surface area contributed by atoms with Crippen LogP contribution in [0.5, 0.6) is 0 Å². The summed E-state index contributed by atoms with van der Waals surface area (Å²) in [6, 6.07) is 7.00. The third-order valence-corrected chi connectivity index (χ3v) is 3.74. The van der Waals surface area contributed by atoms with Gasteiger partial charge in [0.1, 0.15) is 4.99 Å². The van der Waals surface area contributed by atoms with Gasteiger partial charge >= 0.3 is 0 Å². The van der Waals surface area contributed by atoms with Crippen molar-refractivity contribution in [1.82, 2.24) is 4.90 Å². The molecule has 0 radical (unpaired) electrons. The minimum Gasteiger partial charge on any atom is -0.393 e. The second-order valence-corrected chi connectivity index (χ2v) is 5.56. The Morgan fingerprint density at radius 2 is 1.89 bits per heavy atom. The first-order chi connectivity index (χ1) is 8.97. The minimum atomic E-state index is -0.182. The van der Waals surface area contributed by atoms with Gasteiger partial charge in [0.25, 0.3) is 5.91 Å². The van der Waals surface area contributed by atoms with Gasteiger partial charge in [-0.15, -0.1) is 0 Å². The fourth-order valence-electron chi connectivity index (χ4n) is 2.32. The molecule has 1 aromatic rings. The van der Waals surface area contributed by atoms with Crippen molar-refractivity contribution in [2.45, 2.75) is 18.9 Å². The van der Waals surface area contributed by atoms with Gasteiger partial charge in [0.2, 0.25) is 0 Å². The molecule has 1 saturated carbocycles. The summed E-state index contributed by atoms with van der Waals surface area (Å²) in [5.74, 6) is 0.399. The fraction of sp³-hybridized carbons (Fsp3) is 0.429. The number of benzene rings is 1. The number of amides is 1. The maximum Gasteiger partial charge on any atom is 0.253 e. The SMILES string of the molecule is CN(CC1CC(O)C1)C(=O)c1ccc(C(N)=S)cc1. The molecule has 0 heterocycles. The van der Waals surface area contributed by atoms with Crippen molar-refractivity contribution >= 4 is 23.1 Å². The first-order valence-corrected chi connectivity index (χ1v) is 6.71. The molecule has 0 unspecified atom stereocenters. The largest absolute Gasteiger partial charge is 0.393 e. The lowest BCUT2D eigenvalue weighted by Gasteiger charge is -2.34. The second kappa shape index (κ2) is 5.67. The first-order valence-electron chi connectivity index (χ1n) is 6.30. The van der Waals surface area contributed by atoms with E-state index in [0.717, 1.165) is 18.4 Å². The van der Waals surface area contributed by atoms with Crippen LogP contribution in [0.25, 0.3) is 0 Å². The topological polar surface area (TPSA) is 66.6 Å². The molecule has 0 spiro atoms. The minimum absolute atomic E-state index is 0.0177. The van der Waals surface area contributed by atoms with Gasteiger partial charge in [0, 0.05) is 24.7 Å². The van der Waals surface area contributed by atoms with Crippen LogP contribution in [-0.4, -0.2) is 40.6 Å². The summed E-state index contributed by atoms with van der Waals surface area (Å²) in [6.45, 7) is 0.687. The standard InChI is InChI=1S/C14H18N2O2S/c1-16(8-9-6-12(17)7-9)14(18)11-4-2-10(3-5-11)13(15)19/h2-5,9,12,17H,6-8H2,1H3,(H2,15,19). The third kappa shape index (κ3) is 3.30. The Kier molecular flexibility index (Phi) is 4.17. The smallest absolute Gasteiger partial charge is 0.253 e. The number of hydrogen-bond acceptors (Lipinski definition) is 3. The summed E-state index contributed by atoms with van der Waals surface area (Å²) in [6.07, 6.45) is 1.40. The molecule has 102 valence electrons. The van der Waals surface area contributed by atoms with Crippen molar-refractivity contribution in [2.75, 3.05) is 13.6 Å². The lowest BCUT2D eigenvalue weighted by molar-refractivity contribution is 0.0265. The lowest BCUT2D eigenvalue weighted by atomic mass is 9.82. The first kappa shape index (κ1) is 14.0. The van der Waals surface area contributed by atoms with E-state index in [2.05, 4.69) is 0 Å². The van der Waals surface area contributed by atoms with E-state index in [1.165, 1.54) is 0 Å². The van der Waals surface area contributed by atoms with Gasteiger partial charge in [-0.25, -0.2) is 0 Å². The maximum absolute atomic E-state index is 12.2. The van der Waals surface area contributed by atoms with Gasteiger partial charge in [-0.2, -0.15) is 0 Å². The van der Waals surface area contributed by atoms with Gasteiger partial charge in [0.05, 0.1) is 6.10 Å². The highest BCUT2D eigenvalue weighted by Crippen LogP contribution is 2.27. The number of rotatable bonds is 4. The van der Waals surface area contributed by atoms with E-state index in [0.29, 0.717) is 23.0 Å². The fourth-order valence-corrected chi connectivity index (χ4v) is 2.45. The molecule has 3 N–H and O–H groups in total. The highest BCUT2D eigenvalue weighted by molar-refractivity contribution is 7.80. The molecule has 4 nitrogen and oxygen atoms in total. The zero-order valence-corrected chi connectivity index (χ0v) is 11.7. The van der Waals surface area contributed by atoms with Gasteiger partial charge < -0.3 is 15.7 Å². The van der Waals surface area contributed by atoms with Crippen LogP contribution < -0.4 is 5.73 Å². The number of nitrogens with zero attached hydrogens (tertiary/aromatic N) is 1. The van der Waals surface area contributed by atoms with Crippen molar-refractivity contribution in [3.8, 4) is 0 Å². The maximum atomic E-state index is 12.2. The number of carbonyl (C=O) groups excluding carboxylic acids is 1. The molecule has 2 rings (SSSR count). The van der Waals surface area contributed by atoms with Gasteiger partial charge in [-0.05, 0) is 30.9 Å². The number of nitrogens with two attached hydrogens (primary N) is 1. The van der Waals surface area contributed by atoms with Crippen LogP contribution in [0.2, 0.25) is 0 Å².